The number of rotatable bonds is 5. The average Bonchev–Trinajstić information content (AvgIpc) is 2.87. The van der Waals surface area contributed by atoms with E-state index < -0.39 is 0 Å². The summed E-state index contributed by atoms with van der Waals surface area (Å²) in [4.78, 5) is 23.4. The van der Waals surface area contributed by atoms with Crippen LogP contribution in [0.15, 0.2) is 47.4 Å². The van der Waals surface area contributed by atoms with Gasteiger partial charge in [-0.2, -0.15) is 4.98 Å². The lowest BCUT2D eigenvalue weighted by Crippen LogP contribution is -2.36. The number of aromatic nitrogens is 3. The third-order valence-corrected chi connectivity index (χ3v) is 6.40. The molecule has 3 aliphatic rings. The molecule has 0 amide bonds. The van der Waals surface area contributed by atoms with Crippen molar-refractivity contribution in [3.8, 4) is 28.8 Å². The molecule has 1 aromatic carbocycles. The van der Waals surface area contributed by atoms with Gasteiger partial charge in [0, 0.05) is 44.0 Å². The third-order valence-electron chi connectivity index (χ3n) is 6.40. The first kappa shape index (κ1) is 21.1. The Balaban J connectivity index is 1.19. The van der Waals surface area contributed by atoms with E-state index in [2.05, 4.69) is 33.1 Å². The summed E-state index contributed by atoms with van der Waals surface area (Å²) < 4.78 is 24.6. The van der Waals surface area contributed by atoms with Gasteiger partial charge in [0.1, 0.15) is 13.2 Å². The first-order valence-corrected chi connectivity index (χ1v) is 11.6. The van der Waals surface area contributed by atoms with Crippen LogP contribution in [0, 0.1) is 0 Å². The Morgan fingerprint density at radius 3 is 2.94 bits per heavy atom. The molecule has 5 heterocycles. The zero-order chi connectivity index (χ0) is 22.9. The summed E-state index contributed by atoms with van der Waals surface area (Å²) in [5, 5.41) is 0. The number of ether oxygens (including phenoxy) is 4. The van der Waals surface area contributed by atoms with Crippen LogP contribution in [0.1, 0.15) is 11.1 Å². The Hall–Kier alpha value is -3.43. The Morgan fingerprint density at radius 2 is 2.03 bits per heavy atom. The minimum Gasteiger partial charge on any atom is -0.478 e. The molecule has 0 radical (unpaired) electrons. The van der Waals surface area contributed by atoms with E-state index in [4.69, 9.17) is 18.9 Å². The molecule has 176 valence electrons. The highest BCUT2D eigenvalue weighted by atomic mass is 16.6. The van der Waals surface area contributed by atoms with Gasteiger partial charge >= 0.3 is 5.69 Å². The normalized spacial score (nSPS) is 19.2. The highest BCUT2D eigenvalue weighted by Gasteiger charge is 2.24. The summed E-state index contributed by atoms with van der Waals surface area (Å²) in [7, 11) is 0. The van der Waals surface area contributed by atoms with Crippen molar-refractivity contribution < 1.29 is 18.9 Å². The first-order valence-electron chi connectivity index (χ1n) is 11.6. The maximum Gasteiger partial charge on any atom is 0.351 e. The van der Waals surface area contributed by atoms with Crippen molar-refractivity contribution in [3.05, 3.63) is 64.2 Å². The summed E-state index contributed by atoms with van der Waals surface area (Å²) in [5.74, 6) is 1.36. The number of nitrogens with zero attached hydrogens (tertiary/aromatic N) is 4. The lowest BCUT2D eigenvalue weighted by molar-refractivity contribution is 0.0342. The van der Waals surface area contributed by atoms with Gasteiger partial charge in [-0.05, 0) is 29.7 Å². The van der Waals surface area contributed by atoms with Crippen molar-refractivity contribution in [2.45, 2.75) is 25.6 Å². The minimum atomic E-state index is -0.313. The first-order chi connectivity index (χ1) is 16.7. The molecule has 0 aliphatic carbocycles. The van der Waals surface area contributed by atoms with Gasteiger partial charge in [-0.3, -0.25) is 9.47 Å². The molecule has 1 unspecified atom stereocenters. The van der Waals surface area contributed by atoms with Crippen LogP contribution in [0.3, 0.4) is 0 Å². The van der Waals surface area contributed by atoms with Crippen LogP contribution in [0.25, 0.3) is 11.3 Å². The van der Waals surface area contributed by atoms with Crippen LogP contribution in [-0.4, -0.2) is 65.1 Å². The molecule has 3 aliphatic heterocycles. The monoisotopic (exact) mass is 462 g/mol. The quantitative estimate of drug-likeness (QED) is 0.568. The van der Waals surface area contributed by atoms with Crippen molar-refractivity contribution in [1.29, 1.82) is 0 Å². The largest absolute Gasteiger partial charge is 0.478 e. The molecule has 0 bridgehead atoms. The fourth-order valence-electron chi connectivity index (χ4n) is 4.67. The second kappa shape index (κ2) is 9.08. The third kappa shape index (κ3) is 4.24. The molecule has 0 saturated carbocycles. The predicted molar refractivity (Wildman–Crippen MR) is 123 cm³/mol. The highest BCUT2D eigenvalue weighted by molar-refractivity contribution is 5.67. The number of benzene rings is 1. The molecule has 9 heteroatoms. The van der Waals surface area contributed by atoms with Gasteiger partial charge in [-0.1, -0.05) is 18.2 Å². The fourth-order valence-corrected chi connectivity index (χ4v) is 4.67. The second-order valence-electron chi connectivity index (χ2n) is 8.71. The zero-order valence-corrected chi connectivity index (χ0v) is 18.8. The summed E-state index contributed by atoms with van der Waals surface area (Å²) >= 11 is 0. The standard InChI is InChI=1S/C25H26N4O5/c30-25-27-23(32-15-19-16-33-24-22(34-19)2-1-6-26-24)13-21-20-4-3-17(12-18(20)5-7-29(21)25)14-28-8-10-31-11-9-28/h1-4,6,12-13,19H,5,7-11,14-16H2. The van der Waals surface area contributed by atoms with E-state index in [-0.39, 0.29) is 18.4 Å². The van der Waals surface area contributed by atoms with E-state index >= 15 is 0 Å². The van der Waals surface area contributed by atoms with E-state index in [9.17, 15) is 4.79 Å². The summed E-state index contributed by atoms with van der Waals surface area (Å²) in [6.07, 6.45) is 2.15. The molecule has 6 rings (SSSR count). The van der Waals surface area contributed by atoms with Crippen molar-refractivity contribution in [2.24, 2.45) is 0 Å². The summed E-state index contributed by atoms with van der Waals surface area (Å²) in [6, 6.07) is 12.0. The summed E-state index contributed by atoms with van der Waals surface area (Å²) in [6.45, 7) is 5.56. The zero-order valence-electron chi connectivity index (χ0n) is 18.8. The lowest BCUT2D eigenvalue weighted by Gasteiger charge is -2.28. The van der Waals surface area contributed by atoms with E-state index in [1.165, 1.54) is 11.1 Å². The van der Waals surface area contributed by atoms with Crippen LogP contribution < -0.4 is 19.9 Å². The smallest absolute Gasteiger partial charge is 0.351 e. The molecular formula is C25H26N4O5. The van der Waals surface area contributed by atoms with Crippen LogP contribution in [0.4, 0.5) is 0 Å². The molecule has 1 saturated heterocycles. The lowest BCUT2D eigenvalue weighted by atomic mass is 9.95. The predicted octanol–water partition coefficient (Wildman–Crippen LogP) is 1.91. The van der Waals surface area contributed by atoms with Crippen molar-refractivity contribution in [3.63, 3.8) is 0 Å². The molecule has 0 N–H and O–H groups in total. The SMILES string of the molecule is O=c1nc(OCC2COc3ncccc3O2)cc2n1CCc1cc(CN3CCOCC3)ccc1-2. The Morgan fingerprint density at radius 1 is 1.12 bits per heavy atom. The van der Waals surface area contributed by atoms with Crippen LogP contribution in [0.5, 0.6) is 17.5 Å². The fraction of sp³-hybridized carbons (Fsp3) is 0.400. The van der Waals surface area contributed by atoms with Crippen molar-refractivity contribution in [2.75, 3.05) is 39.5 Å². The molecule has 1 fully saturated rings. The van der Waals surface area contributed by atoms with Gasteiger partial charge in [0.2, 0.25) is 5.88 Å². The molecule has 0 spiro atoms. The second-order valence-corrected chi connectivity index (χ2v) is 8.71. The minimum absolute atomic E-state index is 0.218. The van der Waals surface area contributed by atoms with Gasteiger partial charge in [0.25, 0.3) is 5.88 Å². The number of hydrogen-bond donors (Lipinski definition) is 0. The maximum absolute atomic E-state index is 12.7. The number of hydrogen-bond acceptors (Lipinski definition) is 8. The average molecular weight is 463 g/mol. The topological polar surface area (TPSA) is 87.9 Å². The van der Waals surface area contributed by atoms with Crippen LogP contribution >= 0.6 is 0 Å². The van der Waals surface area contributed by atoms with Gasteiger partial charge in [-0.25, -0.2) is 9.78 Å². The van der Waals surface area contributed by atoms with E-state index in [1.807, 2.05) is 12.1 Å². The Kier molecular flexibility index (Phi) is 5.64. The van der Waals surface area contributed by atoms with E-state index in [1.54, 1.807) is 16.8 Å². The highest BCUT2D eigenvalue weighted by Crippen LogP contribution is 2.31. The molecule has 34 heavy (non-hydrogen) atoms. The molecule has 3 aromatic rings. The van der Waals surface area contributed by atoms with Gasteiger partial charge < -0.3 is 18.9 Å². The van der Waals surface area contributed by atoms with E-state index in [0.717, 1.165) is 50.5 Å². The molecule has 9 nitrogen and oxygen atoms in total. The number of fused-ring (bicyclic) bond motifs is 4. The maximum atomic E-state index is 12.7. The van der Waals surface area contributed by atoms with Gasteiger partial charge in [-0.15, -0.1) is 0 Å². The Labute approximate surface area is 196 Å². The number of morpholine rings is 1. The molecule has 1 atom stereocenters. The van der Waals surface area contributed by atoms with Crippen molar-refractivity contribution >= 4 is 0 Å². The Bertz CT molecular complexity index is 1250. The summed E-state index contributed by atoms with van der Waals surface area (Å²) in [5.41, 5.74) is 4.12. The van der Waals surface area contributed by atoms with Gasteiger partial charge in [0.05, 0.1) is 18.9 Å². The molecular weight excluding hydrogens is 436 g/mol. The number of pyridine rings is 1. The van der Waals surface area contributed by atoms with Crippen molar-refractivity contribution in [1.82, 2.24) is 19.4 Å². The van der Waals surface area contributed by atoms with E-state index in [0.29, 0.717) is 30.7 Å². The molecule has 2 aromatic heterocycles. The van der Waals surface area contributed by atoms with Crippen LogP contribution in [-0.2, 0) is 24.2 Å². The van der Waals surface area contributed by atoms with Gasteiger partial charge in [0.15, 0.2) is 11.9 Å². The number of aryl methyl sites for hydroxylation is 1. The van der Waals surface area contributed by atoms with Crippen LogP contribution in [0.2, 0.25) is 0 Å².